The largest absolute Gasteiger partial charge is 0.507 e. The number of likely N-dealkylation sites (tertiary alicyclic amines) is 1. The van der Waals surface area contributed by atoms with E-state index in [1.54, 1.807) is 48.5 Å². The van der Waals surface area contributed by atoms with Crippen LogP contribution in [0.25, 0.3) is 5.76 Å². The molecule has 3 rings (SSSR count). The number of aliphatic hydroxyl groups is 1. The van der Waals surface area contributed by atoms with E-state index in [0.717, 1.165) is 5.56 Å². The Balaban J connectivity index is 2.08. The van der Waals surface area contributed by atoms with Crippen LogP contribution in [0.1, 0.15) is 44.4 Å². The Morgan fingerprint density at radius 2 is 1.72 bits per heavy atom. The van der Waals surface area contributed by atoms with Gasteiger partial charge in [0.15, 0.2) is 0 Å². The predicted molar refractivity (Wildman–Crippen MR) is 113 cm³/mol. The molecule has 1 amide bonds. The number of amides is 1. The van der Waals surface area contributed by atoms with Gasteiger partial charge in [-0.3, -0.25) is 9.59 Å². The summed E-state index contributed by atoms with van der Waals surface area (Å²) in [4.78, 5) is 27.0. The average Bonchev–Trinajstić information content (AvgIpc) is 2.93. The number of nitrogens with zero attached hydrogens (tertiary/aromatic N) is 1. The van der Waals surface area contributed by atoms with Gasteiger partial charge in [-0.1, -0.05) is 30.7 Å². The van der Waals surface area contributed by atoms with Crippen molar-refractivity contribution in [2.45, 2.75) is 39.3 Å². The molecule has 6 heteroatoms. The molecule has 0 aliphatic carbocycles. The Bertz CT molecular complexity index is 932. The Hall–Kier alpha value is -2.79. The molecule has 0 saturated carbocycles. The topological polar surface area (TPSA) is 66.8 Å². The first kappa shape index (κ1) is 20.9. The first-order valence-corrected chi connectivity index (χ1v) is 10.0. The molecular formula is C23H24ClNO4. The summed E-state index contributed by atoms with van der Waals surface area (Å²) in [6.45, 7) is 6.20. The second-order valence-electron chi connectivity index (χ2n) is 7.24. The Morgan fingerprint density at radius 3 is 2.28 bits per heavy atom. The lowest BCUT2D eigenvalue weighted by Crippen LogP contribution is -2.30. The van der Waals surface area contributed by atoms with Gasteiger partial charge in [-0.2, -0.15) is 0 Å². The molecule has 2 aromatic rings. The summed E-state index contributed by atoms with van der Waals surface area (Å²) in [5.74, 6) is -0.818. The van der Waals surface area contributed by atoms with E-state index in [1.807, 2.05) is 20.8 Å². The molecule has 1 aliphatic heterocycles. The molecule has 1 aliphatic rings. The van der Waals surface area contributed by atoms with E-state index < -0.39 is 17.7 Å². The number of carbonyl (C=O) groups is 2. The maximum Gasteiger partial charge on any atom is 0.295 e. The standard InChI is InChI=1S/C23H24ClNO4/c1-4-13-25-20(15-5-9-17(24)10-6-15)19(22(27)23(25)28)21(26)16-7-11-18(12-8-16)29-14(2)3/h5-12,14,20,26H,4,13H2,1-3H3/b21-19-. The van der Waals surface area contributed by atoms with Crippen molar-refractivity contribution in [2.24, 2.45) is 0 Å². The summed E-state index contributed by atoms with van der Waals surface area (Å²) in [5, 5.41) is 11.5. The smallest absolute Gasteiger partial charge is 0.295 e. The third-order valence-electron chi connectivity index (χ3n) is 4.69. The van der Waals surface area contributed by atoms with E-state index in [1.165, 1.54) is 4.90 Å². The van der Waals surface area contributed by atoms with Crippen molar-refractivity contribution in [1.29, 1.82) is 0 Å². The molecule has 1 atom stereocenters. The summed E-state index contributed by atoms with van der Waals surface area (Å²) >= 11 is 6.00. The van der Waals surface area contributed by atoms with Gasteiger partial charge in [0.1, 0.15) is 11.5 Å². The van der Waals surface area contributed by atoms with E-state index in [2.05, 4.69) is 0 Å². The summed E-state index contributed by atoms with van der Waals surface area (Å²) < 4.78 is 5.62. The fourth-order valence-electron chi connectivity index (χ4n) is 3.46. The van der Waals surface area contributed by atoms with Gasteiger partial charge in [-0.05, 0) is 62.2 Å². The zero-order valence-corrected chi connectivity index (χ0v) is 17.4. The number of rotatable bonds is 6. The number of Topliss-reactive ketones (excluding diaryl/α,β-unsaturated/α-hetero) is 1. The zero-order valence-electron chi connectivity index (χ0n) is 16.7. The summed E-state index contributed by atoms with van der Waals surface area (Å²) in [6.07, 6.45) is 0.719. The molecule has 0 bridgehead atoms. The van der Waals surface area contributed by atoms with E-state index in [9.17, 15) is 14.7 Å². The first-order valence-electron chi connectivity index (χ1n) is 9.64. The number of ether oxygens (including phenoxy) is 1. The van der Waals surface area contributed by atoms with E-state index in [-0.39, 0.29) is 17.4 Å². The van der Waals surface area contributed by atoms with Crippen molar-refractivity contribution in [2.75, 3.05) is 6.54 Å². The van der Waals surface area contributed by atoms with Crippen molar-refractivity contribution in [3.63, 3.8) is 0 Å². The first-order chi connectivity index (χ1) is 13.8. The van der Waals surface area contributed by atoms with Crippen molar-refractivity contribution >= 4 is 29.1 Å². The lowest BCUT2D eigenvalue weighted by molar-refractivity contribution is -0.139. The normalized spacial score (nSPS) is 18.5. The molecule has 1 unspecified atom stereocenters. The third kappa shape index (κ3) is 4.30. The van der Waals surface area contributed by atoms with Crippen LogP contribution >= 0.6 is 11.6 Å². The Labute approximate surface area is 175 Å². The second kappa shape index (κ2) is 8.70. The van der Waals surface area contributed by atoms with Crippen molar-refractivity contribution < 1.29 is 19.4 Å². The minimum absolute atomic E-state index is 0.0266. The maximum absolute atomic E-state index is 12.8. The number of ketones is 1. The third-order valence-corrected chi connectivity index (χ3v) is 4.94. The number of aliphatic hydroxyl groups excluding tert-OH is 1. The Morgan fingerprint density at radius 1 is 1.10 bits per heavy atom. The van der Waals surface area contributed by atoms with E-state index in [4.69, 9.17) is 16.3 Å². The highest BCUT2D eigenvalue weighted by Gasteiger charge is 2.45. The average molecular weight is 414 g/mol. The fourth-order valence-corrected chi connectivity index (χ4v) is 3.59. The van der Waals surface area contributed by atoms with Crippen LogP contribution in [0.4, 0.5) is 0 Å². The van der Waals surface area contributed by atoms with Crippen LogP contribution in [0.5, 0.6) is 5.75 Å². The molecule has 1 N–H and O–H groups in total. The maximum atomic E-state index is 12.8. The van der Waals surface area contributed by atoms with Crippen LogP contribution in [0.3, 0.4) is 0 Å². The van der Waals surface area contributed by atoms with Gasteiger partial charge in [0.05, 0.1) is 17.7 Å². The highest BCUT2D eigenvalue weighted by molar-refractivity contribution is 6.46. The Kier molecular flexibility index (Phi) is 6.28. The lowest BCUT2D eigenvalue weighted by Gasteiger charge is -2.25. The van der Waals surface area contributed by atoms with Gasteiger partial charge in [0, 0.05) is 17.1 Å². The number of hydrogen-bond acceptors (Lipinski definition) is 4. The van der Waals surface area contributed by atoms with Crippen LogP contribution in [0.2, 0.25) is 5.02 Å². The van der Waals surface area contributed by atoms with Crippen LogP contribution in [-0.2, 0) is 9.59 Å². The van der Waals surface area contributed by atoms with Crippen LogP contribution in [-0.4, -0.2) is 34.3 Å². The van der Waals surface area contributed by atoms with Crippen molar-refractivity contribution in [3.8, 4) is 5.75 Å². The molecule has 1 heterocycles. The molecule has 29 heavy (non-hydrogen) atoms. The van der Waals surface area contributed by atoms with Crippen molar-refractivity contribution in [3.05, 3.63) is 70.3 Å². The number of halogens is 1. The summed E-state index contributed by atoms with van der Waals surface area (Å²) in [6, 6.07) is 13.1. The number of hydrogen-bond donors (Lipinski definition) is 1. The second-order valence-corrected chi connectivity index (χ2v) is 7.67. The van der Waals surface area contributed by atoms with Gasteiger partial charge in [-0.25, -0.2) is 0 Å². The molecule has 0 aromatic heterocycles. The zero-order chi connectivity index (χ0) is 21.1. The quantitative estimate of drug-likeness (QED) is 0.413. The lowest BCUT2D eigenvalue weighted by atomic mass is 9.95. The fraction of sp³-hybridized carbons (Fsp3) is 0.304. The summed E-state index contributed by atoms with van der Waals surface area (Å²) in [7, 11) is 0. The molecule has 5 nitrogen and oxygen atoms in total. The van der Waals surface area contributed by atoms with Crippen molar-refractivity contribution in [1.82, 2.24) is 4.90 Å². The SMILES string of the molecule is CCCN1C(=O)C(=O)/C(=C(\O)c2ccc(OC(C)C)cc2)C1c1ccc(Cl)cc1. The molecule has 152 valence electrons. The summed E-state index contributed by atoms with van der Waals surface area (Å²) in [5.41, 5.74) is 1.27. The van der Waals surface area contributed by atoms with Crippen LogP contribution in [0, 0.1) is 0 Å². The highest BCUT2D eigenvalue weighted by Crippen LogP contribution is 2.39. The van der Waals surface area contributed by atoms with Crippen LogP contribution in [0.15, 0.2) is 54.1 Å². The number of carbonyl (C=O) groups excluding carboxylic acids is 2. The van der Waals surface area contributed by atoms with E-state index >= 15 is 0 Å². The molecular weight excluding hydrogens is 390 g/mol. The molecule has 0 radical (unpaired) electrons. The number of benzene rings is 2. The predicted octanol–water partition coefficient (Wildman–Crippen LogP) is 4.96. The van der Waals surface area contributed by atoms with Gasteiger partial charge in [0.2, 0.25) is 0 Å². The monoisotopic (exact) mass is 413 g/mol. The van der Waals surface area contributed by atoms with Gasteiger partial charge in [-0.15, -0.1) is 0 Å². The van der Waals surface area contributed by atoms with E-state index in [0.29, 0.717) is 29.3 Å². The highest BCUT2D eigenvalue weighted by atomic mass is 35.5. The minimum atomic E-state index is -0.682. The molecule has 0 spiro atoms. The van der Waals surface area contributed by atoms with Gasteiger partial charge in [0.25, 0.3) is 11.7 Å². The molecule has 1 saturated heterocycles. The van der Waals surface area contributed by atoms with Gasteiger partial charge < -0.3 is 14.7 Å². The van der Waals surface area contributed by atoms with Crippen LogP contribution < -0.4 is 4.74 Å². The van der Waals surface area contributed by atoms with Gasteiger partial charge >= 0.3 is 0 Å². The molecule has 1 fully saturated rings. The minimum Gasteiger partial charge on any atom is -0.507 e. The molecule has 2 aromatic carbocycles.